The molecule has 6 heteroatoms. The summed E-state index contributed by atoms with van der Waals surface area (Å²) in [4.78, 5) is 31.9. The number of aliphatic carboxylic acids is 2. The van der Waals surface area contributed by atoms with Crippen molar-refractivity contribution in [1.82, 2.24) is 0 Å². The van der Waals surface area contributed by atoms with Crippen LogP contribution in [0.4, 0.5) is 0 Å². The second-order valence-electron chi connectivity index (χ2n) is 2.98. The van der Waals surface area contributed by atoms with Gasteiger partial charge in [-0.2, -0.15) is 0 Å². The highest BCUT2D eigenvalue weighted by atomic mass is 16.6. The maximum absolute atomic E-state index is 10.7. The Hall–Kier alpha value is -1.59. The summed E-state index contributed by atoms with van der Waals surface area (Å²) in [5, 5.41) is 17.3. The van der Waals surface area contributed by atoms with E-state index in [9.17, 15) is 14.4 Å². The number of ether oxygens (including phenoxy) is 1. The molecule has 13 heavy (non-hydrogen) atoms. The predicted molar refractivity (Wildman–Crippen MR) is 37.9 cm³/mol. The Morgan fingerprint density at radius 3 is 2.38 bits per heavy atom. The summed E-state index contributed by atoms with van der Waals surface area (Å²) in [6.45, 7) is 1.08. The molecule has 2 atom stereocenters. The molecule has 2 N–H and O–H groups in total. The molecule has 0 spiro atoms. The van der Waals surface area contributed by atoms with E-state index in [2.05, 4.69) is 4.74 Å². The van der Waals surface area contributed by atoms with E-state index in [-0.39, 0.29) is 0 Å². The van der Waals surface area contributed by atoms with Crippen molar-refractivity contribution in [2.24, 2.45) is 5.92 Å². The van der Waals surface area contributed by atoms with Gasteiger partial charge in [-0.15, -0.1) is 0 Å². The van der Waals surface area contributed by atoms with Crippen LogP contribution in [0.25, 0.3) is 0 Å². The Kier molecular flexibility index (Phi) is 1.99. The predicted octanol–water partition coefficient (Wildman–Crippen LogP) is -0.523. The monoisotopic (exact) mass is 188 g/mol. The van der Waals surface area contributed by atoms with Crippen molar-refractivity contribution in [3.8, 4) is 0 Å². The minimum atomic E-state index is -1.93. The number of carboxylic acid groups (broad SMARTS) is 2. The van der Waals surface area contributed by atoms with Gasteiger partial charge in [-0.3, -0.25) is 9.59 Å². The van der Waals surface area contributed by atoms with Crippen LogP contribution in [-0.2, 0) is 19.1 Å². The summed E-state index contributed by atoms with van der Waals surface area (Å²) in [5.74, 6) is -4.88. The molecule has 1 aliphatic heterocycles. The smallest absolute Gasteiger partial charge is 0.348 e. The van der Waals surface area contributed by atoms with Gasteiger partial charge >= 0.3 is 17.9 Å². The van der Waals surface area contributed by atoms with E-state index in [1.165, 1.54) is 0 Å². The van der Waals surface area contributed by atoms with Gasteiger partial charge in [0.1, 0.15) is 5.92 Å². The molecule has 0 bridgehead atoms. The van der Waals surface area contributed by atoms with Crippen LogP contribution in [0.1, 0.15) is 13.3 Å². The van der Waals surface area contributed by atoms with Crippen LogP contribution in [0.5, 0.6) is 0 Å². The standard InChI is InChI=1S/C7H8O6/c1-7(6(11)12)3(5(9)10)2-4(8)13-7/h3H,2H2,1H3,(H,9,10)(H,11,12)/t3-,7-/m0/s1. The highest BCUT2D eigenvalue weighted by molar-refractivity contribution is 5.93. The van der Waals surface area contributed by atoms with Gasteiger partial charge in [-0.25, -0.2) is 4.79 Å². The fraction of sp³-hybridized carbons (Fsp3) is 0.571. The minimum absolute atomic E-state index is 0.391. The fourth-order valence-corrected chi connectivity index (χ4v) is 1.23. The van der Waals surface area contributed by atoms with Crippen LogP contribution in [0, 0.1) is 5.92 Å². The number of hydrogen-bond donors (Lipinski definition) is 2. The third-order valence-corrected chi connectivity index (χ3v) is 2.08. The fourth-order valence-electron chi connectivity index (χ4n) is 1.23. The molecular formula is C7H8O6. The molecule has 1 saturated heterocycles. The van der Waals surface area contributed by atoms with Gasteiger partial charge in [-0.05, 0) is 6.92 Å². The third-order valence-electron chi connectivity index (χ3n) is 2.08. The lowest BCUT2D eigenvalue weighted by Crippen LogP contribution is -2.44. The number of cyclic esters (lactones) is 1. The zero-order chi connectivity index (χ0) is 10.2. The van der Waals surface area contributed by atoms with Gasteiger partial charge in [0.15, 0.2) is 0 Å². The van der Waals surface area contributed by atoms with E-state index >= 15 is 0 Å². The largest absolute Gasteiger partial charge is 0.481 e. The van der Waals surface area contributed by atoms with E-state index in [4.69, 9.17) is 10.2 Å². The summed E-state index contributed by atoms with van der Waals surface area (Å²) in [7, 11) is 0. The number of carbonyl (C=O) groups excluding carboxylic acids is 1. The van der Waals surface area contributed by atoms with Gasteiger partial charge < -0.3 is 14.9 Å². The van der Waals surface area contributed by atoms with Crippen molar-refractivity contribution < 1.29 is 29.3 Å². The van der Waals surface area contributed by atoms with Crippen LogP contribution in [-0.4, -0.2) is 33.7 Å². The lowest BCUT2D eigenvalue weighted by molar-refractivity contribution is -0.174. The van der Waals surface area contributed by atoms with Gasteiger partial charge in [0.25, 0.3) is 0 Å². The maximum atomic E-state index is 10.7. The Labute approximate surface area is 73.1 Å². The topological polar surface area (TPSA) is 101 Å². The Morgan fingerprint density at radius 1 is 1.54 bits per heavy atom. The third kappa shape index (κ3) is 1.34. The van der Waals surface area contributed by atoms with Gasteiger partial charge in [0, 0.05) is 0 Å². The Bertz CT molecular complexity index is 283. The molecule has 72 valence electrons. The molecule has 0 unspecified atom stereocenters. The van der Waals surface area contributed by atoms with E-state index in [1.54, 1.807) is 0 Å². The minimum Gasteiger partial charge on any atom is -0.481 e. The van der Waals surface area contributed by atoms with E-state index in [0.717, 1.165) is 6.92 Å². The first-order valence-electron chi connectivity index (χ1n) is 3.56. The molecule has 0 aromatic heterocycles. The Balaban J connectivity index is 3.01. The van der Waals surface area contributed by atoms with Crippen LogP contribution in [0.3, 0.4) is 0 Å². The first kappa shape index (κ1) is 9.50. The lowest BCUT2D eigenvalue weighted by atomic mass is 9.89. The molecule has 1 heterocycles. The second-order valence-corrected chi connectivity index (χ2v) is 2.98. The van der Waals surface area contributed by atoms with E-state index in [1.807, 2.05) is 0 Å². The van der Waals surface area contributed by atoms with Crippen molar-refractivity contribution >= 4 is 17.9 Å². The summed E-state index contributed by atoms with van der Waals surface area (Å²) in [6, 6.07) is 0. The van der Waals surface area contributed by atoms with Crippen molar-refractivity contribution in [1.29, 1.82) is 0 Å². The van der Waals surface area contributed by atoms with Gasteiger partial charge in [0.2, 0.25) is 5.60 Å². The second kappa shape index (κ2) is 2.72. The highest BCUT2D eigenvalue weighted by Crippen LogP contribution is 2.33. The molecule has 0 aromatic rings. The molecule has 0 aliphatic carbocycles. The quantitative estimate of drug-likeness (QED) is 0.565. The molecule has 0 amide bonds. The summed E-state index contributed by atoms with van der Waals surface area (Å²) < 4.78 is 4.46. The van der Waals surface area contributed by atoms with E-state index in [0.29, 0.717) is 0 Å². The Morgan fingerprint density at radius 2 is 2.08 bits per heavy atom. The lowest BCUT2D eigenvalue weighted by Gasteiger charge is -2.21. The molecule has 0 aromatic carbocycles. The molecule has 0 radical (unpaired) electrons. The van der Waals surface area contributed by atoms with Crippen molar-refractivity contribution in [3.05, 3.63) is 0 Å². The zero-order valence-corrected chi connectivity index (χ0v) is 6.81. The van der Waals surface area contributed by atoms with E-state index < -0.39 is 35.8 Å². The molecule has 1 rings (SSSR count). The number of hydrogen-bond acceptors (Lipinski definition) is 4. The number of carboxylic acids is 2. The molecular weight excluding hydrogens is 180 g/mol. The number of carbonyl (C=O) groups is 3. The molecule has 0 saturated carbocycles. The molecule has 1 fully saturated rings. The van der Waals surface area contributed by atoms with Crippen LogP contribution < -0.4 is 0 Å². The van der Waals surface area contributed by atoms with Gasteiger partial charge in [-0.1, -0.05) is 0 Å². The first-order valence-corrected chi connectivity index (χ1v) is 3.56. The van der Waals surface area contributed by atoms with Crippen LogP contribution in [0.15, 0.2) is 0 Å². The molecule has 6 nitrogen and oxygen atoms in total. The number of rotatable bonds is 2. The maximum Gasteiger partial charge on any atom is 0.348 e. The van der Waals surface area contributed by atoms with Crippen LogP contribution >= 0.6 is 0 Å². The van der Waals surface area contributed by atoms with Crippen LogP contribution in [0.2, 0.25) is 0 Å². The van der Waals surface area contributed by atoms with Crippen molar-refractivity contribution in [3.63, 3.8) is 0 Å². The first-order chi connectivity index (χ1) is 5.88. The summed E-state index contributed by atoms with van der Waals surface area (Å²) in [6.07, 6.45) is -0.391. The van der Waals surface area contributed by atoms with Crippen molar-refractivity contribution in [2.45, 2.75) is 18.9 Å². The van der Waals surface area contributed by atoms with Gasteiger partial charge in [0.05, 0.1) is 6.42 Å². The average molecular weight is 188 g/mol. The zero-order valence-electron chi connectivity index (χ0n) is 6.81. The normalized spacial score (nSPS) is 32.7. The average Bonchev–Trinajstić information content (AvgIpc) is 2.27. The number of esters is 1. The SMILES string of the molecule is C[C@]1(C(=O)O)OC(=O)C[C@H]1C(=O)O. The van der Waals surface area contributed by atoms with Crippen molar-refractivity contribution in [2.75, 3.05) is 0 Å². The highest BCUT2D eigenvalue weighted by Gasteiger charge is 2.55. The summed E-state index contributed by atoms with van der Waals surface area (Å²) >= 11 is 0. The summed E-state index contributed by atoms with van der Waals surface area (Å²) in [5.41, 5.74) is -1.93. The molecule has 1 aliphatic rings.